The molecule has 2 aromatic rings. The highest BCUT2D eigenvalue weighted by Crippen LogP contribution is 2.30. The van der Waals surface area contributed by atoms with Crippen LogP contribution in [0.4, 0.5) is 11.4 Å². The van der Waals surface area contributed by atoms with Crippen molar-refractivity contribution >= 4 is 17.3 Å². The third-order valence-electron chi connectivity index (χ3n) is 2.96. The monoisotopic (exact) mass is 287 g/mol. The van der Waals surface area contributed by atoms with Crippen LogP contribution in [-0.4, -0.2) is 25.1 Å². The Morgan fingerprint density at radius 2 is 1.90 bits per heavy atom. The standard InChI is InChI=1S/C15H17N3O3/c1-9-6-12(16)11(8-17-9)15(19)18-10-4-5-13(20-2)14(7-10)21-3/h4-8H,1-3H3,(H2,16,17)(H,18,19). The van der Waals surface area contributed by atoms with E-state index in [9.17, 15) is 4.79 Å². The van der Waals surface area contributed by atoms with E-state index in [1.165, 1.54) is 13.3 Å². The molecule has 110 valence electrons. The largest absolute Gasteiger partial charge is 0.493 e. The Kier molecular flexibility index (Phi) is 4.27. The smallest absolute Gasteiger partial charge is 0.259 e. The number of anilines is 2. The number of nitrogens with two attached hydrogens (primary N) is 1. The lowest BCUT2D eigenvalue weighted by atomic mass is 10.2. The number of rotatable bonds is 4. The molecule has 1 heterocycles. The van der Waals surface area contributed by atoms with Crippen molar-refractivity contribution in [2.75, 3.05) is 25.3 Å². The number of carbonyl (C=O) groups is 1. The van der Waals surface area contributed by atoms with Gasteiger partial charge in [0.1, 0.15) is 0 Å². The molecule has 6 heteroatoms. The van der Waals surface area contributed by atoms with Crippen LogP contribution in [0, 0.1) is 6.92 Å². The number of benzene rings is 1. The van der Waals surface area contributed by atoms with Gasteiger partial charge in [0.25, 0.3) is 5.91 Å². The van der Waals surface area contributed by atoms with Crippen LogP contribution in [0.25, 0.3) is 0 Å². The molecule has 0 spiro atoms. The number of ether oxygens (including phenoxy) is 2. The average molecular weight is 287 g/mol. The van der Waals surface area contributed by atoms with Crippen LogP contribution in [0.1, 0.15) is 16.1 Å². The lowest BCUT2D eigenvalue weighted by Gasteiger charge is -2.11. The molecule has 6 nitrogen and oxygen atoms in total. The quantitative estimate of drug-likeness (QED) is 0.900. The van der Waals surface area contributed by atoms with Gasteiger partial charge in [0.2, 0.25) is 0 Å². The van der Waals surface area contributed by atoms with Gasteiger partial charge in [0.15, 0.2) is 11.5 Å². The van der Waals surface area contributed by atoms with Gasteiger partial charge in [0, 0.05) is 29.3 Å². The molecule has 0 aliphatic rings. The van der Waals surface area contributed by atoms with E-state index < -0.39 is 0 Å². The van der Waals surface area contributed by atoms with E-state index in [2.05, 4.69) is 10.3 Å². The predicted molar refractivity (Wildman–Crippen MR) is 80.9 cm³/mol. The second-order valence-corrected chi connectivity index (χ2v) is 4.44. The van der Waals surface area contributed by atoms with Crippen LogP contribution in [0.5, 0.6) is 11.5 Å². The van der Waals surface area contributed by atoms with Gasteiger partial charge < -0.3 is 20.5 Å². The molecule has 0 radical (unpaired) electrons. The first-order valence-electron chi connectivity index (χ1n) is 6.30. The van der Waals surface area contributed by atoms with Crippen LogP contribution in [-0.2, 0) is 0 Å². The van der Waals surface area contributed by atoms with E-state index in [4.69, 9.17) is 15.2 Å². The first-order chi connectivity index (χ1) is 10.0. The van der Waals surface area contributed by atoms with E-state index in [0.717, 1.165) is 5.69 Å². The second kappa shape index (κ2) is 6.13. The number of hydrogen-bond acceptors (Lipinski definition) is 5. The molecule has 0 saturated carbocycles. The zero-order valence-electron chi connectivity index (χ0n) is 12.1. The number of aromatic nitrogens is 1. The second-order valence-electron chi connectivity index (χ2n) is 4.44. The van der Waals surface area contributed by atoms with Crippen molar-refractivity contribution in [3.8, 4) is 11.5 Å². The van der Waals surface area contributed by atoms with Gasteiger partial charge in [-0.2, -0.15) is 0 Å². The SMILES string of the molecule is COc1ccc(NC(=O)c2cnc(C)cc2N)cc1OC. The van der Waals surface area contributed by atoms with Crippen LogP contribution in [0.15, 0.2) is 30.5 Å². The molecule has 0 unspecified atom stereocenters. The summed E-state index contributed by atoms with van der Waals surface area (Å²) in [5.74, 6) is 0.796. The lowest BCUT2D eigenvalue weighted by Crippen LogP contribution is -2.14. The normalized spacial score (nSPS) is 10.0. The molecule has 0 aliphatic heterocycles. The Morgan fingerprint density at radius 3 is 2.52 bits per heavy atom. The van der Waals surface area contributed by atoms with Crippen LogP contribution in [0.3, 0.4) is 0 Å². The molecule has 1 amide bonds. The molecule has 0 atom stereocenters. The molecule has 0 saturated heterocycles. The van der Waals surface area contributed by atoms with Crippen LogP contribution >= 0.6 is 0 Å². The summed E-state index contributed by atoms with van der Waals surface area (Å²) in [6, 6.07) is 6.76. The number of carbonyl (C=O) groups excluding carboxylic acids is 1. The van der Waals surface area contributed by atoms with Gasteiger partial charge in [-0.05, 0) is 25.1 Å². The Labute approximate surface area is 122 Å². The molecular formula is C15H17N3O3. The van der Waals surface area contributed by atoms with Crippen molar-refractivity contribution in [1.82, 2.24) is 4.98 Å². The van der Waals surface area contributed by atoms with Gasteiger partial charge in [-0.1, -0.05) is 0 Å². The summed E-state index contributed by atoms with van der Waals surface area (Å²) in [5.41, 5.74) is 7.89. The summed E-state index contributed by atoms with van der Waals surface area (Å²) in [5, 5.41) is 2.75. The third-order valence-corrected chi connectivity index (χ3v) is 2.96. The average Bonchev–Trinajstić information content (AvgIpc) is 2.46. The van der Waals surface area contributed by atoms with Gasteiger partial charge >= 0.3 is 0 Å². The fourth-order valence-corrected chi connectivity index (χ4v) is 1.88. The molecule has 1 aromatic heterocycles. The van der Waals surface area contributed by atoms with Crippen molar-refractivity contribution in [3.63, 3.8) is 0 Å². The van der Waals surface area contributed by atoms with E-state index in [-0.39, 0.29) is 5.91 Å². The Bertz CT molecular complexity index is 671. The maximum Gasteiger partial charge on any atom is 0.259 e. The summed E-state index contributed by atoms with van der Waals surface area (Å²) in [7, 11) is 3.08. The maximum absolute atomic E-state index is 12.2. The molecule has 0 fully saturated rings. The minimum Gasteiger partial charge on any atom is -0.493 e. The number of nitrogen functional groups attached to an aromatic ring is 1. The minimum absolute atomic E-state index is 0.327. The zero-order valence-corrected chi connectivity index (χ0v) is 12.1. The molecule has 1 aromatic carbocycles. The lowest BCUT2D eigenvalue weighted by molar-refractivity contribution is 0.102. The number of pyridine rings is 1. The molecule has 21 heavy (non-hydrogen) atoms. The summed E-state index contributed by atoms with van der Waals surface area (Å²) in [6.07, 6.45) is 1.46. The zero-order chi connectivity index (χ0) is 15.4. The summed E-state index contributed by atoms with van der Waals surface area (Å²) in [4.78, 5) is 16.3. The van der Waals surface area contributed by atoms with Gasteiger partial charge in [-0.15, -0.1) is 0 Å². The Morgan fingerprint density at radius 1 is 1.19 bits per heavy atom. The predicted octanol–water partition coefficient (Wildman–Crippen LogP) is 2.24. The van der Waals surface area contributed by atoms with Gasteiger partial charge in [-0.25, -0.2) is 0 Å². The first kappa shape index (κ1) is 14.6. The minimum atomic E-state index is -0.327. The number of amides is 1. The highest BCUT2D eigenvalue weighted by Gasteiger charge is 2.12. The Balaban J connectivity index is 2.23. The number of nitrogens with zero attached hydrogens (tertiary/aromatic N) is 1. The maximum atomic E-state index is 12.2. The van der Waals surface area contributed by atoms with Crippen molar-refractivity contribution in [2.45, 2.75) is 6.92 Å². The number of aryl methyl sites for hydroxylation is 1. The van der Waals surface area contributed by atoms with Gasteiger partial charge in [-0.3, -0.25) is 9.78 Å². The Hall–Kier alpha value is -2.76. The van der Waals surface area contributed by atoms with Crippen molar-refractivity contribution in [3.05, 3.63) is 41.7 Å². The summed E-state index contributed by atoms with van der Waals surface area (Å²) >= 11 is 0. The highest BCUT2D eigenvalue weighted by molar-refractivity contribution is 6.07. The number of hydrogen-bond donors (Lipinski definition) is 2. The molecule has 0 aliphatic carbocycles. The van der Waals surface area contributed by atoms with Crippen molar-refractivity contribution in [1.29, 1.82) is 0 Å². The van der Waals surface area contributed by atoms with E-state index in [1.54, 1.807) is 31.4 Å². The van der Waals surface area contributed by atoms with Crippen LogP contribution < -0.4 is 20.5 Å². The fraction of sp³-hybridized carbons (Fsp3) is 0.200. The number of nitrogens with one attached hydrogen (secondary N) is 1. The van der Waals surface area contributed by atoms with E-state index in [0.29, 0.717) is 28.4 Å². The topological polar surface area (TPSA) is 86.5 Å². The summed E-state index contributed by atoms with van der Waals surface area (Å²) in [6.45, 7) is 1.81. The fourth-order valence-electron chi connectivity index (χ4n) is 1.88. The number of methoxy groups -OCH3 is 2. The first-order valence-corrected chi connectivity index (χ1v) is 6.30. The summed E-state index contributed by atoms with van der Waals surface area (Å²) < 4.78 is 10.3. The van der Waals surface area contributed by atoms with E-state index >= 15 is 0 Å². The molecule has 0 bridgehead atoms. The highest BCUT2D eigenvalue weighted by atomic mass is 16.5. The van der Waals surface area contributed by atoms with Gasteiger partial charge in [0.05, 0.1) is 19.8 Å². The molecule has 2 rings (SSSR count). The van der Waals surface area contributed by atoms with Crippen LogP contribution in [0.2, 0.25) is 0 Å². The van der Waals surface area contributed by atoms with Crippen molar-refractivity contribution in [2.24, 2.45) is 0 Å². The molecule has 3 N–H and O–H groups in total. The molecular weight excluding hydrogens is 270 g/mol. The van der Waals surface area contributed by atoms with Crippen molar-refractivity contribution < 1.29 is 14.3 Å². The van der Waals surface area contributed by atoms with E-state index in [1.807, 2.05) is 6.92 Å². The third kappa shape index (κ3) is 3.22.